The molecule has 6 heteroatoms. The summed E-state index contributed by atoms with van der Waals surface area (Å²) in [6, 6.07) is 5.39. The molecule has 19 heavy (non-hydrogen) atoms. The highest BCUT2D eigenvalue weighted by Crippen LogP contribution is 2.12. The highest BCUT2D eigenvalue weighted by atomic mass is 16.6. The number of non-ortho nitro benzene ring substituents is 1. The maximum absolute atomic E-state index is 11.7. The molecule has 0 aliphatic heterocycles. The molecule has 0 saturated heterocycles. The molecular formula is C13H18N2O4. The lowest BCUT2D eigenvalue weighted by Crippen LogP contribution is -2.27. The van der Waals surface area contributed by atoms with E-state index in [9.17, 15) is 14.9 Å². The van der Waals surface area contributed by atoms with Gasteiger partial charge in [-0.1, -0.05) is 13.8 Å². The topological polar surface area (TPSA) is 72.7 Å². The molecule has 0 bridgehead atoms. The van der Waals surface area contributed by atoms with Crippen molar-refractivity contribution in [2.24, 2.45) is 0 Å². The van der Waals surface area contributed by atoms with Crippen LogP contribution in [-0.4, -0.2) is 42.0 Å². The SMILES string of the molecule is CCN(CC)CCOC(=O)c1ccc([N+](=O)[O-])cc1. The molecule has 6 nitrogen and oxygen atoms in total. The van der Waals surface area contributed by atoms with Crippen molar-refractivity contribution in [3.05, 3.63) is 39.9 Å². The number of nitro groups is 1. The number of benzene rings is 1. The van der Waals surface area contributed by atoms with Crippen LogP contribution < -0.4 is 0 Å². The molecule has 0 amide bonds. The second-order valence-electron chi connectivity index (χ2n) is 3.97. The quantitative estimate of drug-likeness (QED) is 0.429. The van der Waals surface area contributed by atoms with E-state index in [0.29, 0.717) is 18.7 Å². The van der Waals surface area contributed by atoms with Crippen LogP contribution in [0.1, 0.15) is 24.2 Å². The van der Waals surface area contributed by atoms with Crippen LogP contribution in [0.25, 0.3) is 0 Å². The predicted molar refractivity (Wildman–Crippen MR) is 71.2 cm³/mol. The molecule has 0 radical (unpaired) electrons. The van der Waals surface area contributed by atoms with Gasteiger partial charge in [-0.3, -0.25) is 10.1 Å². The standard InChI is InChI=1S/C13H18N2O4/c1-3-14(4-2)9-10-19-13(16)11-5-7-12(8-6-11)15(17)18/h5-8H,3-4,9-10H2,1-2H3. The average Bonchev–Trinajstić information content (AvgIpc) is 2.43. The van der Waals surface area contributed by atoms with E-state index in [1.807, 2.05) is 13.8 Å². The number of rotatable bonds is 7. The first kappa shape index (κ1) is 15.1. The third-order valence-corrected chi connectivity index (χ3v) is 2.85. The summed E-state index contributed by atoms with van der Waals surface area (Å²) in [6.07, 6.45) is 0. The fourth-order valence-corrected chi connectivity index (χ4v) is 1.61. The Bertz CT molecular complexity index is 427. The first-order valence-corrected chi connectivity index (χ1v) is 6.22. The van der Waals surface area contributed by atoms with Crippen molar-refractivity contribution in [3.63, 3.8) is 0 Å². The van der Waals surface area contributed by atoms with E-state index < -0.39 is 10.9 Å². The van der Waals surface area contributed by atoms with Crippen LogP contribution in [0.5, 0.6) is 0 Å². The van der Waals surface area contributed by atoms with Crippen LogP contribution in [0.2, 0.25) is 0 Å². The van der Waals surface area contributed by atoms with Gasteiger partial charge in [-0.05, 0) is 25.2 Å². The number of ether oxygens (including phenoxy) is 1. The van der Waals surface area contributed by atoms with Gasteiger partial charge in [0, 0.05) is 18.7 Å². The largest absolute Gasteiger partial charge is 0.461 e. The van der Waals surface area contributed by atoms with Crippen molar-refractivity contribution >= 4 is 11.7 Å². The maximum atomic E-state index is 11.7. The van der Waals surface area contributed by atoms with Crippen molar-refractivity contribution in [2.75, 3.05) is 26.2 Å². The number of nitro benzene ring substituents is 1. The zero-order valence-corrected chi connectivity index (χ0v) is 11.2. The van der Waals surface area contributed by atoms with Gasteiger partial charge in [-0.25, -0.2) is 4.79 Å². The molecule has 0 aromatic heterocycles. The summed E-state index contributed by atoms with van der Waals surface area (Å²) in [5.74, 6) is -0.456. The molecule has 0 unspecified atom stereocenters. The molecule has 0 aliphatic rings. The molecule has 0 saturated carbocycles. The maximum Gasteiger partial charge on any atom is 0.338 e. The number of hydrogen-bond acceptors (Lipinski definition) is 5. The molecule has 0 fully saturated rings. The van der Waals surface area contributed by atoms with E-state index in [1.165, 1.54) is 24.3 Å². The van der Waals surface area contributed by atoms with E-state index in [2.05, 4.69) is 4.90 Å². The smallest absolute Gasteiger partial charge is 0.338 e. The van der Waals surface area contributed by atoms with Crippen molar-refractivity contribution in [3.8, 4) is 0 Å². The Morgan fingerprint density at radius 2 is 1.84 bits per heavy atom. The Morgan fingerprint density at radius 3 is 2.32 bits per heavy atom. The zero-order valence-electron chi connectivity index (χ0n) is 11.2. The van der Waals surface area contributed by atoms with Crippen molar-refractivity contribution in [1.82, 2.24) is 4.90 Å². The van der Waals surface area contributed by atoms with Crippen LogP contribution >= 0.6 is 0 Å². The molecule has 0 aliphatic carbocycles. The van der Waals surface area contributed by atoms with Gasteiger partial charge in [0.15, 0.2) is 0 Å². The number of esters is 1. The van der Waals surface area contributed by atoms with Gasteiger partial charge in [-0.15, -0.1) is 0 Å². The zero-order chi connectivity index (χ0) is 14.3. The third kappa shape index (κ3) is 4.67. The Balaban J connectivity index is 2.47. The highest BCUT2D eigenvalue weighted by Gasteiger charge is 2.10. The van der Waals surface area contributed by atoms with E-state index in [1.54, 1.807) is 0 Å². The van der Waals surface area contributed by atoms with Gasteiger partial charge in [-0.2, -0.15) is 0 Å². The Kier molecular flexibility index (Phi) is 5.95. The summed E-state index contributed by atoms with van der Waals surface area (Å²) in [7, 11) is 0. The molecule has 0 atom stereocenters. The van der Waals surface area contributed by atoms with Gasteiger partial charge in [0.25, 0.3) is 5.69 Å². The van der Waals surface area contributed by atoms with E-state index in [4.69, 9.17) is 4.74 Å². The third-order valence-electron chi connectivity index (χ3n) is 2.85. The summed E-state index contributed by atoms with van der Waals surface area (Å²) in [6.45, 7) is 6.91. The van der Waals surface area contributed by atoms with E-state index in [0.717, 1.165) is 13.1 Å². The summed E-state index contributed by atoms with van der Waals surface area (Å²) < 4.78 is 5.11. The van der Waals surface area contributed by atoms with Crippen molar-refractivity contribution in [2.45, 2.75) is 13.8 Å². The predicted octanol–water partition coefficient (Wildman–Crippen LogP) is 2.09. The first-order valence-electron chi connectivity index (χ1n) is 6.22. The fourth-order valence-electron chi connectivity index (χ4n) is 1.61. The monoisotopic (exact) mass is 266 g/mol. The number of likely N-dealkylation sites (N-methyl/N-ethyl adjacent to an activating group) is 1. The molecule has 1 rings (SSSR count). The summed E-state index contributed by atoms with van der Waals surface area (Å²) in [4.78, 5) is 23.8. The van der Waals surface area contributed by atoms with Gasteiger partial charge in [0.05, 0.1) is 10.5 Å². The van der Waals surface area contributed by atoms with E-state index >= 15 is 0 Å². The van der Waals surface area contributed by atoms with Crippen molar-refractivity contribution in [1.29, 1.82) is 0 Å². The van der Waals surface area contributed by atoms with Gasteiger partial charge in [0.2, 0.25) is 0 Å². The number of hydrogen-bond donors (Lipinski definition) is 0. The summed E-state index contributed by atoms with van der Waals surface area (Å²) >= 11 is 0. The Morgan fingerprint density at radius 1 is 1.26 bits per heavy atom. The molecule has 1 aromatic carbocycles. The Labute approximate surface area is 112 Å². The second-order valence-corrected chi connectivity index (χ2v) is 3.97. The normalized spacial score (nSPS) is 10.5. The molecule has 0 spiro atoms. The van der Waals surface area contributed by atoms with Crippen LogP contribution in [0.3, 0.4) is 0 Å². The highest BCUT2D eigenvalue weighted by molar-refractivity contribution is 5.89. The van der Waals surface area contributed by atoms with Crippen LogP contribution in [0, 0.1) is 10.1 Å². The number of carbonyl (C=O) groups is 1. The minimum Gasteiger partial charge on any atom is -0.461 e. The molecule has 104 valence electrons. The molecule has 0 heterocycles. The second kappa shape index (κ2) is 7.48. The average molecular weight is 266 g/mol. The van der Waals surface area contributed by atoms with Gasteiger partial charge in [0.1, 0.15) is 6.61 Å². The number of carbonyl (C=O) groups excluding carboxylic acids is 1. The minimum absolute atomic E-state index is 0.0420. The first-order chi connectivity index (χ1) is 9.08. The van der Waals surface area contributed by atoms with Crippen LogP contribution in [0.15, 0.2) is 24.3 Å². The van der Waals surface area contributed by atoms with Gasteiger partial charge >= 0.3 is 5.97 Å². The lowest BCUT2D eigenvalue weighted by Gasteiger charge is -2.17. The lowest BCUT2D eigenvalue weighted by atomic mass is 10.2. The van der Waals surface area contributed by atoms with E-state index in [-0.39, 0.29) is 5.69 Å². The molecule has 0 N–H and O–H groups in total. The minimum atomic E-state index is -0.504. The number of nitrogens with zero attached hydrogens (tertiary/aromatic N) is 2. The lowest BCUT2D eigenvalue weighted by molar-refractivity contribution is -0.384. The fraction of sp³-hybridized carbons (Fsp3) is 0.462. The summed E-state index contributed by atoms with van der Waals surface area (Å²) in [5, 5.41) is 10.5. The van der Waals surface area contributed by atoms with Crippen LogP contribution in [0.4, 0.5) is 5.69 Å². The molecule has 1 aromatic rings. The Hall–Kier alpha value is -1.95. The summed E-state index contributed by atoms with van der Waals surface area (Å²) in [5.41, 5.74) is 0.282. The van der Waals surface area contributed by atoms with Crippen molar-refractivity contribution < 1.29 is 14.5 Å². The van der Waals surface area contributed by atoms with Crippen LogP contribution in [-0.2, 0) is 4.74 Å². The molecular weight excluding hydrogens is 248 g/mol. The van der Waals surface area contributed by atoms with Gasteiger partial charge < -0.3 is 9.64 Å².